The highest BCUT2D eigenvalue weighted by molar-refractivity contribution is 5.91. The molecular formula is C27H26O5. The van der Waals surface area contributed by atoms with E-state index in [0.717, 1.165) is 17.2 Å². The molecule has 3 aromatic rings. The highest BCUT2D eigenvalue weighted by Crippen LogP contribution is 2.23. The highest BCUT2D eigenvalue weighted by atomic mass is 16.5. The number of rotatable bonds is 9. The van der Waals surface area contributed by atoms with Crippen molar-refractivity contribution in [1.82, 2.24) is 0 Å². The van der Waals surface area contributed by atoms with Crippen molar-refractivity contribution in [3.63, 3.8) is 0 Å². The summed E-state index contributed by atoms with van der Waals surface area (Å²) in [4.78, 5) is 23.7. The Hall–Kier alpha value is -3.86. The van der Waals surface area contributed by atoms with Gasteiger partial charge in [-0.15, -0.1) is 0 Å². The van der Waals surface area contributed by atoms with E-state index in [4.69, 9.17) is 14.2 Å². The molecule has 0 amide bonds. The lowest BCUT2D eigenvalue weighted by atomic mass is 10.1. The molecule has 0 aromatic heterocycles. The number of hydrogen-bond donors (Lipinski definition) is 0. The fourth-order valence-electron chi connectivity index (χ4n) is 3.22. The number of hydrogen-bond acceptors (Lipinski definition) is 5. The van der Waals surface area contributed by atoms with Crippen LogP contribution in [0.4, 0.5) is 0 Å². The Morgan fingerprint density at radius 1 is 0.812 bits per heavy atom. The Balaban J connectivity index is 1.53. The van der Waals surface area contributed by atoms with E-state index in [1.54, 1.807) is 43.3 Å². The summed E-state index contributed by atoms with van der Waals surface area (Å²) in [6.45, 7) is 7.07. The molecule has 0 spiro atoms. The molecule has 3 aromatic carbocycles. The van der Waals surface area contributed by atoms with Crippen LogP contribution in [0, 0.1) is 0 Å². The van der Waals surface area contributed by atoms with E-state index < -0.39 is 11.9 Å². The second-order valence-corrected chi connectivity index (χ2v) is 7.42. The summed E-state index contributed by atoms with van der Waals surface area (Å²) in [7, 11) is 0. The van der Waals surface area contributed by atoms with Gasteiger partial charge in [0.15, 0.2) is 0 Å². The summed E-state index contributed by atoms with van der Waals surface area (Å²) in [5.41, 5.74) is 2.57. The van der Waals surface area contributed by atoms with Crippen LogP contribution < -0.4 is 9.47 Å². The average molecular weight is 431 g/mol. The first-order valence-electron chi connectivity index (χ1n) is 10.4. The zero-order valence-corrected chi connectivity index (χ0v) is 18.2. The minimum absolute atomic E-state index is 0.177. The Bertz CT molecular complexity index is 1040. The molecule has 0 heterocycles. The second kappa shape index (κ2) is 11.0. The van der Waals surface area contributed by atoms with E-state index in [0.29, 0.717) is 23.5 Å². The first-order chi connectivity index (χ1) is 15.4. The van der Waals surface area contributed by atoms with Crippen molar-refractivity contribution in [3.8, 4) is 22.6 Å². The monoisotopic (exact) mass is 430 g/mol. The minimum Gasteiger partial charge on any atom is -0.491 e. The van der Waals surface area contributed by atoms with E-state index in [2.05, 4.69) is 6.58 Å². The second-order valence-electron chi connectivity index (χ2n) is 7.42. The molecule has 164 valence electrons. The summed E-state index contributed by atoms with van der Waals surface area (Å²) in [6.07, 6.45) is 1.20. The third kappa shape index (κ3) is 6.57. The Morgan fingerprint density at radius 2 is 1.41 bits per heavy atom. The van der Waals surface area contributed by atoms with Crippen molar-refractivity contribution in [2.24, 2.45) is 0 Å². The van der Waals surface area contributed by atoms with E-state index in [9.17, 15) is 9.59 Å². The molecule has 2 atom stereocenters. The van der Waals surface area contributed by atoms with E-state index in [1.807, 2.05) is 49.4 Å². The van der Waals surface area contributed by atoms with Gasteiger partial charge in [-0.05, 0) is 61.4 Å². The quantitative estimate of drug-likeness (QED) is 0.242. The van der Waals surface area contributed by atoms with Crippen molar-refractivity contribution in [2.45, 2.75) is 32.5 Å². The lowest BCUT2D eigenvalue weighted by Gasteiger charge is -2.19. The van der Waals surface area contributed by atoms with Gasteiger partial charge < -0.3 is 14.2 Å². The van der Waals surface area contributed by atoms with Crippen LogP contribution in [0.1, 0.15) is 30.6 Å². The van der Waals surface area contributed by atoms with Crippen LogP contribution in [-0.2, 0) is 9.53 Å². The summed E-state index contributed by atoms with van der Waals surface area (Å²) < 4.78 is 16.5. The van der Waals surface area contributed by atoms with Crippen LogP contribution in [0.15, 0.2) is 91.5 Å². The standard InChI is InChI=1S/C27H26O5/c1-4-26(28)31-20(3)18-19(2)30-24-16-12-23(13-17-24)27(29)32-25-14-10-22(11-15-25)21-8-6-5-7-9-21/h4-17,19-20H,1,18H2,2-3H3. The molecule has 0 N–H and O–H groups in total. The Morgan fingerprint density at radius 3 is 2.03 bits per heavy atom. The van der Waals surface area contributed by atoms with Gasteiger partial charge in [-0.1, -0.05) is 49.0 Å². The molecular weight excluding hydrogens is 404 g/mol. The SMILES string of the molecule is C=CC(=O)OC(C)CC(C)Oc1ccc(C(=O)Oc2ccc(-c3ccccc3)cc2)cc1. The number of esters is 2. The maximum atomic E-state index is 12.5. The normalized spacial score (nSPS) is 12.3. The molecule has 0 saturated heterocycles. The maximum Gasteiger partial charge on any atom is 0.343 e. The van der Waals surface area contributed by atoms with E-state index >= 15 is 0 Å². The van der Waals surface area contributed by atoms with Gasteiger partial charge in [0.1, 0.15) is 17.6 Å². The van der Waals surface area contributed by atoms with Gasteiger partial charge in [-0.2, -0.15) is 0 Å². The molecule has 5 nitrogen and oxygen atoms in total. The van der Waals surface area contributed by atoms with Gasteiger partial charge in [0.05, 0.1) is 11.7 Å². The van der Waals surface area contributed by atoms with Crippen molar-refractivity contribution >= 4 is 11.9 Å². The minimum atomic E-state index is -0.456. The van der Waals surface area contributed by atoms with Crippen LogP contribution in [0.2, 0.25) is 0 Å². The largest absolute Gasteiger partial charge is 0.491 e. The van der Waals surface area contributed by atoms with Crippen LogP contribution >= 0.6 is 0 Å². The zero-order valence-electron chi connectivity index (χ0n) is 18.2. The van der Waals surface area contributed by atoms with Crippen molar-refractivity contribution in [3.05, 3.63) is 97.1 Å². The molecule has 3 rings (SSSR count). The van der Waals surface area contributed by atoms with Gasteiger partial charge in [0.25, 0.3) is 0 Å². The predicted molar refractivity (Wildman–Crippen MR) is 124 cm³/mol. The van der Waals surface area contributed by atoms with Crippen molar-refractivity contribution in [2.75, 3.05) is 0 Å². The van der Waals surface area contributed by atoms with Crippen molar-refractivity contribution in [1.29, 1.82) is 0 Å². The molecule has 0 saturated carbocycles. The van der Waals surface area contributed by atoms with Crippen LogP contribution in [0.25, 0.3) is 11.1 Å². The van der Waals surface area contributed by atoms with E-state index in [1.165, 1.54) is 0 Å². The number of benzene rings is 3. The van der Waals surface area contributed by atoms with Gasteiger partial charge in [0.2, 0.25) is 0 Å². The molecule has 0 aliphatic carbocycles. The average Bonchev–Trinajstić information content (AvgIpc) is 2.80. The zero-order chi connectivity index (χ0) is 22.9. The first kappa shape index (κ1) is 22.8. The molecule has 0 aliphatic heterocycles. The smallest absolute Gasteiger partial charge is 0.343 e. The van der Waals surface area contributed by atoms with Gasteiger partial charge in [-0.25, -0.2) is 9.59 Å². The highest BCUT2D eigenvalue weighted by Gasteiger charge is 2.14. The summed E-state index contributed by atoms with van der Waals surface area (Å²) in [5.74, 6) is 0.194. The summed E-state index contributed by atoms with van der Waals surface area (Å²) in [5, 5.41) is 0. The molecule has 0 fully saturated rings. The van der Waals surface area contributed by atoms with E-state index in [-0.39, 0.29) is 12.2 Å². The van der Waals surface area contributed by atoms with Gasteiger partial charge in [0, 0.05) is 12.5 Å². The summed E-state index contributed by atoms with van der Waals surface area (Å²) in [6, 6.07) is 24.1. The van der Waals surface area contributed by atoms with Crippen LogP contribution in [-0.4, -0.2) is 24.1 Å². The summed E-state index contributed by atoms with van der Waals surface area (Å²) >= 11 is 0. The van der Waals surface area contributed by atoms with Crippen LogP contribution in [0.3, 0.4) is 0 Å². The lowest BCUT2D eigenvalue weighted by Crippen LogP contribution is -2.22. The van der Waals surface area contributed by atoms with Gasteiger partial charge >= 0.3 is 11.9 Å². The number of carbonyl (C=O) groups is 2. The third-order valence-corrected chi connectivity index (χ3v) is 4.75. The molecule has 0 radical (unpaired) electrons. The molecule has 5 heteroatoms. The lowest BCUT2D eigenvalue weighted by molar-refractivity contribution is -0.143. The molecule has 0 aliphatic rings. The maximum absolute atomic E-state index is 12.5. The molecule has 0 bridgehead atoms. The topological polar surface area (TPSA) is 61.8 Å². The Labute approximate surface area is 188 Å². The number of ether oxygens (including phenoxy) is 3. The first-order valence-corrected chi connectivity index (χ1v) is 10.4. The Kier molecular flexibility index (Phi) is 7.81. The number of carbonyl (C=O) groups excluding carboxylic acids is 2. The fraction of sp³-hybridized carbons (Fsp3) is 0.185. The fourth-order valence-corrected chi connectivity index (χ4v) is 3.22. The predicted octanol–water partition coefficient (Wildman–Crippen LogP) is 5.85. The third-order valence-electron chi connectivity index (χ3n) is 4.75. The van der Waals surface area contributed by atoms with Crippen LogP contribution in [0.5, 0.6) is 11.5 Å². The molecule has 32 heavy (non-hydrogen) atoms. The van der Waals surface area contributed by atoms with Crippen molar-refractivity contribution < 1.29 is 23.8 Å². The molecule has 2 unspecified atom stereocenters. The van der Waals surface area contributed by atoms with Gasteiger partial charge in [-0.3, -0.25) is 0 Å².